The molecule has 132 valence electrons. The molecule has 0 aromatic rings. The van der Waals surface area contributed by atoms with Gasteiger partial charge >= 0.3 is 0 Å². The van der Waals surface area contributed by atoms with Crippen LogP contribution in [0.5, 0.6) is 0 Å². The molecule has 0 spiro atoms. The molecule has 22 heavy (non-hydrogen) atoms. The number of unbranched alkanes of at least 4 members (excludes halogenated alkanes) is 2. The monoisotopic (exact) mass is 334 g/mol. The van der Waals surface area contributed by atoms with Crippen LogP contribution in [-0.2, 0) is 14.8 Å². The summed E-state index contributed by atoms with van der Waals surface area (Å²) in [4.78, 5) is 2.33. The van der Waals surface area contributed by atoms with Crippen LogP contribution in [0, 0.1) is 5.92 Å². The molecule has 0 aromatic heterocycles. The lowest BCUT2D eigenvalue weighted by Crippen LogP contribution is -2.40. The van der Waals surface area contributed by atoms with E-state index in [0.717, 1.165) is 65.0 Å². The zero-order chi connectivity index (χ0) is 16.4. The van der Waals surface area contributed by atoms with Crippen LogP contribution in [0.3, 0.4) is 0 Å². The molecule has 0 amide bonds. The standard InChI is InChI=1S/C16H34N2O3S/c1-4-5-6-8-16(15(2)3)22(19,20)17-9-7-10-18-11-13-21-14-12-18/h15-17H,4-14H2,1-3H3. The van der Waals surface area contributed by atoms with Gasteiger partial charge in [0, 0.05) is 19.6 Å². The fourth-order valence-corrected chi connectivity index (χ4v) is 4.73. The summed E-state index contributed by atoms with van der Waals surface area (Å²) in [5.74, 6) is 0.161. The molecule has 5 nitrogen and oxygen atoms in total. The van der Waals surface area contributed by atoms with E-state index in [4.69, 9.17) is 4.74 Å². The van der Waals surface area contributed by atoms with Crippen LogP contribution in [0.4, 0.5) is 0 Å². The van der Waals surface area contributed by atoms with Gasteiger partial charge in [-0.2, -0.15) is 0 Å². The van der Waals surface area contributed by atoms with Crippen molar-refractivity contribution >= 4 is 10.0 Å². The molecule has 1 fully saturated rings. The molecule has 1 rings (SSSR count). The zero-order valence-electron chi connectivity index (χ0n) is 14.5. The van der Waals surface area contributed by atoms with Gasteiger partial charge < -0.3 is 4.74 Å². The third-order valence-corrected chi connectivity index (χ3v) is 6.48. The first-order valence-corrected chi connectivity index (χ1v) is 10.3. The third kappa shape index (κ3) is 7.40. The molecule has 0 radical (unpaired) electrons. The van der Waals surface area contributed by atoms with E-state index >= 15 is 0 Å². The summed E-state index contributed by atoms with van der Waals surface area (Å²) in [6, 6.07) is 0. The predicted molar refractivity (Wildman–Crippen MR) is 91.6 cm³/mol. The number of nitrogens with zero attached hydrogens (tertiary/aromatic N) is 1. The van der Waals surface area contributed by atoms with Crippen LogP contribution in [0.1, 0.15) is 52.9 Å². The Morgan fingerprint density at radius 1 is 1.14 bits per heavy atom. The van der Waals surface area contributed by atoms with Crippen molar-refractivity contribution in [1.29, 1.82) is 0 Å². The summed E-state index contributed by atoms with van der Waals surface area (Å²) in [7, 11) is -3.20. The molecule has 1 aliphatic heterocycles. The van der Waals surface area contributed by atoms with Crippen molar-refractivity contribution in [1.82, 2.24) is 9.62 Å². The number of hydrogen-bond donors (Lipinski definition) is 1. The largest absolute Gasteiger partial charge is 0.379 e. The highest BCUT2D eigenvalue weighted by Crippen LogP contribution is 2.18. The molecule has 0 aliphatic carbocycles. The Morgan fingerprint density at radius 3 is 2.41 bits per heavy atom. The Labute approximate surface area is 136 Å². The van der Waals surface area contributed by atoms with Crippen LogP contribution < -0.4 is 4.72 Å². The van der Waals surface area contributed by atoms with Gasteiger partial charge in [-0.15, -0.1) is 0 Å². The van der Waals surface area contributed by atoms with Crippen molar-refractivity contribution in [3.8, 4) is 0 Å². The van der Waals surface area contributed by atoms with E-state index in [-0.39, 0.29) is 11.2 Å². The lowest BCUT2D eigenvalue weighted by molar-refractivity contribution is 0.0376. The third-order valence-electron chi connectivity index (χ3n) is 4.29. The zero-order valence-corrected chi connectivity index (χ0v) is 15.3. The average molecular weight is 335 g/mol. The summed E-state index contributed by atoms with van der Waals surface area (Å²) < 4.78 is 33.1. The fraction of sp³-hybridized carbons (Fsp3) is 1.00. The second-order valence-corrected chi connectivity index (χ2v) is 8.51. The molecule has 0 bridgehead atoms. The Hall–Kier alpha value is -0.170. The lowest BCUT2D eigenvalue weighted by atomic mass is 10.0. The predicted octanol–water partition coefficient (Wildman–Crippen LogP) is 2.23. The van der Waals surface area contributed by atoms with Crippen LogP contribution in [0.15, 0.2) is 0 Å². The minimum atomic E-state index is -3.20. The first kappa shape index (κ1) is 19.9. The van der Waals surface area contributed by atoms with E-state index in [0.29, 0.717) is 6.54 Å². The maximum Gasteiger partial charge on any atom is 0.214 e. The summed E-state index contributed by atoms with van der Waals surface area (Å²) in [6.07, 6.45) is 4.85. The van der Waals surface area contributed by atoms with Gasteiger partial charge in [0.15, 0.2) is 0 Å². The number of rotatable bonds is 11. The first-order chi connectivity index (χ1) is 10.5. The van der Waals surface area contributed by atoms with Gasteiger partial charge in [-0.25, -0.2) is 13.1 Å². The number of morpholine rings is 1. The Bertz CT molecular complexity index is 379. The van der Waals surface area contributed by atoms with Gasteiger partial charge in [0.05, 0.1) is 18.5 Å². The van der Waals surface area contributed by atoms with Gasteiger partial charge in [0.1, 0.15) is 0 Å². The second kappa shape index (κ2) is 10.6. The Balaban J connectivity index is 2.32. The van der Waals surface area contributed by atoms with Gasteiger partial charge in [-0.1, -0.05) is 40.0 Å². The van der Waals surface area contributed by atoms with Crippen molar-refractivity contribution in [3.05, 3.63) is 0 Å². The number of sulfonamides is 1. The number of ether oxygens (including phenoxy) is 1. The number of nitrogens with one attached hydrogen (secondary N) is 1. The molecule has 1 unspecified atom stereocenters. The molecule has 1 saturated heterocycles. The molecular formula is C16H34N2O3S. The highest BCUT2D eigenvalue weighted by atomic mass is 32.2. The summed E-state index contributed by atoms with van der Waals surface area (Å²) in [5.41, 5.74) is 0. The number of hydrogen-bond acceptors (Lipinski definition) is 4. The highest BCUT2D eigenvalue weighted by Gasteiger charge is 2.27. The quantitative estimate of drug-likeness (QED) is 0.589. The molecule has 0 aromatic carbocycles. The summed E-state index contributed by atoms with van der Waals surface area (Å²) in [5, 5.41) is -0.262. The Morgan fingerprint density at radius 2 is 1.82 bits per heavy atom. The molecule has 1 aliphatic rings. The van der Waals surface area contributed by atoms with Crippen molar-refractivity contribution in [2.75, 3.05) is 39.4 Å². The van der Waals surface area contributed by atoms with E-state index in [2.05, 4.69) is 16.5 Å². The van der Waals surface area contributed by atoms with E-state index in [9.17, 15) is 8.42 Å². The van der Waals surface area contributed by atoms with E-state index in [1.54, 1.807) is 0 Å². The normalized spacial score (nSPS) is 18.7. The van der Waals surface area contributed by atoms with Crippen molar-refractivity contribution in [3.63, 3.8) is 0 Å². The highest BCUT2D eigenvalue weighted by molar-refractivity contribution is 7.90. The minimum Gasteiger partial charge on any atom is -0.379 e. The van der Waals surface area contributed by atoms with E-state index in [1.807, 2.05) is 13.8 Å². The molecule has 1 heterocycles. The summed E-state index contributed by atoms with van der Waals surface area (Å²) >= 11 is 0. The van der Waals surface area contributed by atoms with Gasteiger partial charge in [-0.3, -0.25) is 4.90 Å². The fourth-order valence-electron chi connectivity index (χ4n) is 2.89. The van der Waals surface area contributed by atoms with Gasteiger partial charge in [0.25, 0.3) is 0 Å². The maximum atomic E-state index is 12.5. The topological polar surface area (TPSA) is 58.6 Å². The van der Waals surface area contributed by atoms with Crippen LogP contribution in [-0.4, -0.2) is 58.0 Å². The smallest absolute Gasteiger partial charge is 0.214 e. The van der Waals surface area contributed by atoms with E-state index in [1.165, 1.54) is 0 Å². The first-order valence-electron chi connectivity index (χ1n) is 8.76. The maximum absolute atomic E-state index is 12.5. The minimum absolute atomic E-state index is 0.161. The SMILES string of the molecule is CCCCCC(C(C)C)S(=O)(=O)NCCCN1CCOCC1. The van der Waals surface area contributed by atoms with Crippen LogP contribution in [0.2, 0.25) is 0 Å². The molecule has 6 heteroatoms. The van der Waals surface area contributed by atoms with Crippen molar-refractivity contribution in [2.45, 2.75) is 58.1 Å². The summed E-state index contributed by atoms with van der Waals surface area (Å²) in [6.45, 7) is 11.1. The van der Waals surface area contributed by atoms with E-state index < -0.39 is 10.0 Å². The van der Waals surface area contributed by atoms with Crippen LogP contribution >= 0.6 is 0 Å². The lowest BCUT2D eigenvalue weighted by Gasteiger charge is -2.26. The molecular weight excluding hydrogens is 300 g/mol. The van der Waals surface area contributed by atoms with Crippen molar-refractivity contribution in [2.24, 2.45) is 5.92 Å². The van der Waals surface area contributed by atoms with Gasteiger partial charge in [0.2, 0.25) is 10.0 Å². The Kier molecular flexibility index (Phi) is 9.55. The molecule has 1 N–H and O–H groups in total. The average Bonchev–Trinajstić information content (AvgIpc) is 2.48. The molecule has 1 atom stereocenters. The molecule has 0 saturated carbocycles. The van der Waals surface area contributed by atoms with Gasteiger partial charge in [-0.05, 0) is 25.3 Å². The van der Waals surface area contributed by atoms with Crippen LogP contribution in [0.25, 0.3) is 0 Å². The second-order valence-electron chi connectivity index (χ2n) is 6.53. The van der Waals surface area contributed by atoms with Crippen molar-refractivity contribution < 1.29 is 13.2 Å².